The number of anilines is 2. The molecule has 0 aliphatic carbocycles. The molecule has 0 atom stereocenters. The minimum absolute atomic E-state index is 0.178. The summed E-state index contributed by atoms with van der Waals surface area (Å²) >= 11 is 0. The van der Waals surface area contributed by atoms with Crippen LogP contribution >= 0.6 is 0 Å². The molecule has 26 heavy (non-hydrogen) atoms. The van der Waals surface area contributed by atoms with Crippen LogP contribution in [0.25, 0.3) is 0 Å². The SMILES string of the molecule is Cc1nc(Nc2cccc(C(F)(F)F)c2)cc(C(=O)N2CCCCC2)n1. The van der Waals surface area contributed by atoms with E-state index < -0.39 is 11.7 Å². The Morgan fingerprint density at radius 1 is 1.12 bits per heavy atom. The zero-order valence-electron chi connectivity index (χ0n) is 14.3. The van der Waals surface area contributed by atoms with Crippen LogP contribution in [0.15, 0.2) is 30.3 Å². The van der Waals surface area contributed by atoms with E-state index in [1.165, 1.54) is 18.2 Å². The van der Waals surface area contributed by atoms with Gasteiger partial charge in [-0.3, -0.25) is 4.79 Å². The second-order valence-electron chi connectivity index (χ2n) is 6.24. The van der Waals surface area contributed by atoms with Gasteiger partial charge in [0.05, 0.1) is 5.56 Å². The van der Waals surface area contributed by atoms with Gasteiger partial charge in [0.2, 0.25) is 0 Å². The van der Waals surface area contributed by atoms with Crippen molar-refractivity contribution in [3.05, 3.63) is 47.4 Å². The molecule has 0 unspecified atom stereocenters. The zero-order valence-corrected chi connectivity index (χ0v) is 14.3. The Balaban J connectivity index is 1.83. The fourth-order valence-corrected chi connectivity index (χ4v) is 2.92. The number of piperidine rings is 1. The minimum Gasteiger partial charge on any atom is -0.340 e. The van der Waals surface area contributed by atoms with Gasteiger partial charge in [-0.1, -0.05) is 6.07 Å². The molecule has 3 rings (SSSR count). The van der Waals surface area contributed by atoms with Crippen molar-refractivity contribution in [1.29, 1.82) is 0 Å². The Hall–Kier alpha value is -2.64. The number of hydrogen-bond acceptors (Lipinski definition) is 4. The number of carbonyl (C=O) groups is 1. The van der Waals surface area contributed by atoms with Gasteiger partial charge in [0, 0.05) is 24.8 Å². The number of alkyl halides is 3. The van der Waals surface area contributed by atoms with Gasteiger partial charge in [-0.25, -0.2) is 9.97 Å². The fourth-order valence-electron chi connectivity index (χ4n) is 2.92. The van der Waals surface area contributed by atoms with Crippen LogP contribution in [0, 0.1) is 6.92 Å². The van der Waals surface area contributed by atoms with Crippen molar-refractivity contribution in [2.24, 2.45) is 0 Å². The summed E-state index contributed by atoms with van der Waals surface area (Å²) in [7, 11) is 0. The van der Waals surface area contributed by atoms with Crippen molar-refractivity contribution in [3.8, 4) is 0 Å². The first-order valence-corrected chi connectivity index (χ1v) is 8.42. The Bertz CT molecular complexity index is 801. The van der Waals surface area contributed by atoms with E-state index in [1.807, 2.05) is 0 Å². The maximum absolute atomic E-state index is 12.8. The molecule has 8 heteroatoms. The number of nitrogens with one attached hydrogen (secondary N) is 1. The summed E-state index contributed by atoms with van der Waals surface area (Å²) in [5, 5.41) is 2.83. The number of carbonyl (C=O) groups excluding carboxylic acids is 1. The van der Waals surface area contributed by atoms with E-state index in [0.717, 1.165) is 31.4 Å². The lowest BCUT2D eigenvalue weighted by Gasteiger charge is -2.26. The third-order valence-corrected chi connectivity index (χ3v) is 4.16. The van der Waals surface area contributed by atoms with Crippen LogP contribution in [0.3, 0.4) is 0 Å². The third-order valence-electron chi connectivity index (χ3n) is 4.16. The molecule has 0 bridgehead atoms. The average molecular weight is 364 g/mol. The molecule has 138 valence electrons. The van der Waals surface area contributed by atoms with Crippen LogP contribution in [0.1, 0.15) is 41.1 Å². The molecule has 1 aromatic carbocycles. The average Bonchev–Trinajstić information content (AvgIpc) is 2.61. The van der Waals surface area contributed by atoms with Gasteiger partial charge in [0.25, 0.3) is 5.91 Å². The van der Waals surface area contributed by atoms with Crippen LogP contribution < -0.4 is 5.32 Å². The largest absolute Gasteiger partial charge is 0.416 e. The Labute approximate surface area is 149 Å². The molecule has 2 heterocycles. The Morgan fingerprint density at radius 2 is 1.85 bits per heavy atom. The monoisotopic (exact) mass is 364 g/mol. The predicted molar refractivity (Wildman–Crippen MR) is 91.3 cm³/mol. The first-order chi connectivity index (χ1) is 12.3. The lowest BCUT2D eigenvalue weighted by Crippen LogP contribution is -2.36. The maximum atomic E-state index is 12.8. The Kier molecular flexibility index (Phi) is 5.11. The van der Waals surface area contributed by atoms with Crippen molar-refractivity contribution < 1.29 is 18.0 Å². The molecule has 1 amide bonds. The molecule has 5 nitrogen and oxygen atoms in total. The van der Waals surface area contributed by atoms with Gasteiger partial charge in [-0.15, -0.1) is 0 Å². The summed E-state index contributed by atoms with van der Waals surface area (Å²) in [6.07, 6.45) is -1.39. The standard InChI is InChI=1S/C18H19F3N4O/c1-12-22-15(17(26)25-8-3-2-4-9-25)11-16(23-12)24-14-7-5-6-13(10-14)18(19,20)21/h5-7,10-11H,2-4,8-9H2,1H3,(H,22,23,24). The van der Waals surface area contributed by atoms with Crippen LogP contribution in [0.5, 0.6) is 0 Å². The van der Waals surface area contributed by atoms with E-state index in [4.69, 9.17) is 0 Å². The number of nitrogens with zero attached hydrogens (tertiary/aromatic N) is 3. The van der Waals surface area contributed by atoms with Gasteiger partial charge in [0.1, 0.15) is 17.3 Å². The number of aromatic nitrogens is 2. The van der Waals surface area contributed by atoms with Crippen molar-refractivity contribution in [2.75, 3.05) is 18.4 Å². The molecule has 1 aromatic heterocycles. The highest BCUT2D eigenvalue weighted by molar-refractivity contribution is 5.93. The second kappa shape index (κ2) is 7.31. The summed E-state index contributed by atoms with van der Waals surface area (Å²) < 4.78 is 38.5. The number of halogens is 3. The van der Waals surface area contributed by atoms with E-state index in [9.17, 15) is 18.0 Å². The maximum Gasteiger partial charge on any atom is 0.416 e. The van der Waals surface area contributed by atoms with Gasteiger partial charge in [-0.2, -0.15) is 13.2 Å². The molecular formula is C18H19F3N4O. The van der Waals surface area contributed by atoms with E-state index in [1.54, 1.807) is 11.8 Å². The number of benzene rings is 1. The highest BCUT2D eigenvalue weighted by Crippen LogP contribution is 2.31. The molecule has 1 aliphatic heterocycles. The van der Waals surface area contributed by atoms with Gasteiger partial charge in [-0.05, 0) is 44.4 Å². The molecule has 0 saturated carbocycles. The van der Waals surface area contributed by atoms with Crippen LogP contribution in [0.2, 0.25) is 0 Å². The topological polar surface area (TPSA) is 58.1 Å². The zero-order chi connectivity index (χ0) is 18.7. The fraction of sp³-hybridized carbons (Fsp3) is 0.389. The molecule has 2 aromatic rings. The van der Waals surface area contributed by atoms with E-state index >= 15 is 0 Å². The van der Waals surface area contributed by atoms with Gasteiger partial charge in [0.15, 0.2) is 0 Å². The molecular weight excluding hydrogens is 345 g/mol. The number of amides is 1. The number of aryl methyl sites for hydroxylation is 1. The smallest absolute Gasteiger partial charge is 0.340 e. The molecule has 1 fully saturated rings. The summed E-state index contributed by atoms with van der Waals surface area (Å²) in [6, 6.07) is 6.31. The lowest BCUT2D eigenvalue weighted by atomic mass is 10.1. The number of likely N-dealkylation sites (tertiary alicyclic amines) is 1. The second-order valence-corrected chi connectivity index (χ2v) is 6.24. The van der Waals surface area contributed by atoms with Gasteiger partial charge >= 0.3 is 6.18 Å². The highest BCUT2D eigenvalue weighted by Gasteiger charge is 2.30. The van der Waals surface area contributed by atoms with Crippen LogP contribution in [-0.2, 0) is 6.18 Å². The van der Waals surface area contributed by atoms with Crippen molar-refractivity contribution in [1.82, 2.24) is 14.9 Å². The van der Waals surface area contributed by atoms with Crippen LogP contribution in [-0.4, -0.2) is 33.9 Å². The first kappa shape index (κ1) is 18.2. The molecule has 1 N–H and O–H groups in total. The number of rotatable bonds is 3. The van der Waals surface area contributed by atoms with E-state index in [2.05, 4.69) is 15.3 Å². The highest BCUT2D eigenvalue weighted by atomic mass is 19.4. The summed E-state index contributed by atoms with van der Waals surface area (Å²) in [5.74, 6) is 0.488. The molecule has 1 saturated heterocycles. The normalized spacial score (nSPS) is 15.0. The first-order valence-electron chi connectivity index (χ1n) is 8.42. The summed E-state index contributed by atoms with van der Waals surface area (Å²) in [5.41, 5.74) is -0.263. The number of hydrogen-bond donors (Lipinski definition) is 1. The van der Waals surface area contributed by atoms with E-state index in [0.29, 0.717) is 18.9 Å². The van der Waals surface area contributed by atoms with E-state index in [-0.39, 0.29) is 23.1 Å². The summed E-state index contributed by atoms with van der Waals surface area (Å²) in [4.78, 5) is 22.7. The lowest BCUT2D eigenvalue weighted by molar-refractivity contribution is -0.137. The molecule has 0 spiro atoms. The Morgan fingerprint density at radius 3 is 2.54 bits per heavy atom. The minimum atomic E-state index is -4.42. The van der Waals surface area contributed by atoms with Gasteiger partial charge < -0.3 is 10.2 Å². The molecule has 1 aliphatic rings. The summed E-state index contributed by atoms with van der Waals surface area (Å²) in [6.45, 7) is 3.03. The van der Waals surface area contributed by atoms with Crippen molar-refractivity contribution >= 4 is 17.4 Å². The third kappa shape index (κ3) is 4.30. The van der Waals surface area contributed by atoms with Crippen molar-refractivity contribution in [2.45, 2.75) is 32.4 Å². The van der Waals surface area contributed by atoms with Crippen LogP contribution in [0.4, 0.5) is 24.7 Å². The van der Waals surface area contributed by atoms with Crippen molar-refractivity contribution in [3.63, 3.8) is 0 Å². The predicted octanol–water partition coefficient (Wildman–Crippen LogP) is 4.17. The molecule has 0 radical (unpaired) electrons. The quantitative estimate of drug-likeness (QED) is 0.888.